The van der Waals surface area contributed by atoms with Crippen molar-refractivity contribution in [2.45, 2.75) is 32.1 Å². The fourth-order valence-corrected chi connectivity index (χ4v) is 3.76. The second kappa shape index (κ2) is 7.61. The molecule has 1 N–H and O–H groups in total. The molecule has 1 atom stereocenters. The van der Waals surface area contributed by atoms with Crippen molar-refractivity contribution in [3.63, 3.8) is 0 Å². The van der Waals surface area contributed by atoms with Crippen molar-refractivity contribution in [2.24, 2.45) is 5.41 Å². The number of aromatic nitrogens is 2. The number of piperidine rings is 1. The van der Waals surface area contributed by atoms with Gasteiger partial charge in [-0.1, -0.05) is 0 Å². The van der Waals surface area contributed by atoms with Gasteiger partial charge in [0.1, 0.15) is 0 Å². The summed E-state index contributed by atoms with van der Waals surface area (Å²) in [6.07, 6.45) is 6.16. The molecule has 0 spiro atoms. The molecule has 2 aliphatic rings. The normalized spacial score (nSPS) is 24.6. The highest BCUT2D eigenvalue weighted by Crippen LogP contribution is 2.35. The number of methoxy groups -OCH3 is 1. The highest BCUT2D eigenvalue weighted by Gasteiger charge is 2.36. The number of rotatable bonds is 6. The fraction of sp³-hybridized carbons (Fsp3) is 0.765. The van der Waals surface area contributed by atoms with E-state index in [2.05, 4.69) is 14.9 Å². The van der Waals surface area contributed by atoms with E-state index >= 15 is 0 Å². The van der Waals surface area contributed by atoms with E-state index in [0.29, 0.717) is 24.9 Å². The maximum absolute atomic E-state index is 14.1. The van der Waals surface area contributed by atoms with E-state index in [-0.39, 0.29) is 17.8 Å². The van der Waals surface area contributed by atoms with Crippen LogP contribution in [-0.2, 0) is 4.74 Å². The minimum atomic E-state index is -0.356. The third-order valence-electron chi connectivity index (χ3n) is 5.23. The monoisotopic (exact) mass is 338 g/mol. The minimum absolute atomic E-state index is 0.118. The molecule has 1 aromatic heterocycles. The van der Waals surface area contributed by atoms with Crippen molar-refractivity contribution in [3.8, 4) is 0 Å². The van der Waals surface area contributed by atoms with Crippen LogP contribution >= 0.6 is 0 Å². The maximum atomic E-state index is 14.1. The van der Waals surface area contributed by atoms with E-state index in [9.17, 15) is 9.50 Å². The Bertz CT molecular complexity index is 553. The van der Waals surface area contributed by atoms with Crippen LogP contribution in [0.5, 0.6) is 0 Å². The lowest BCUT2D eigenvalue weighted by atomic mass is 9.78. The van der Waals surface area contributed by atoms with Gasteiger partial charge in [-0.3, -0.25) is 0 Å². The Balaban J connectivity index is 1.79. The summed E-state index contributed by atoms with van der Waals surface area (Å²) < 4.78 is 19.3. The van der Waals surface area contributed by atoms with Crippen LogP contribution in [0.1, 0.15) is 32.1 Å². The van der Waals surface area contributed by atoms with E-state index in [0.717, 1.165) is 51.7 Å². The Kier molecular flexibility index (Phi) is 5.50. The zero-order chi connectivity index (χ0) is 17.0. The van der Waals surface area contributed by atoms with Gasteiger partial charge in [0.2, 0.25) is 5.95 Å². The first kappa shape index (κ1) is 17.4. The minimum Gasteiger partial charge on any atom is -0.396 e. The van der Waals surface area contributed by atoms with Crippen molar-refractivity contribution in [2.75, 3.05) is 56.3 Å². The predicted octanol–water partition coefficient (Wildman–Crippen LogP) is 1.83. The average molecular weight is 338 g/mol. The van der Waals surface area contributed by atoms with Crippen LogP contribution in [0.15, 0.2) is 6.20 Å². The molecule has 6 nitrogen and oxygen atoms in total. The molecule has 2 fully saturated rings. The molecule has 3 rings (SSSR count). The van der Waals surface area contributed by atoms with Crippen LogP contribution < -0.4 is 9.80 Å². The number of halogens is 1. The molecule has 0 radical (unpaired) electrons. The molecular weight excluding hydrogens is 311 g/mol. The highest BCUT2D eigenvalue weighted by molar-refractivity contribution is 5.46. The molecule has 24 heavy (non-hydrogen) atoms. The lowest BCUT2D eigenvalue weighted by Gasteiger charge is -2.42. The van der Waals surface area contributed by atoms with Crippen LogP contribution in [0.2, 0.25) is 0 Å². The molecule has 2 aliphatic heterocycles. The number of aliphatic hydroxyl groups excluding tert-OH is 1. The third-order valence-corrected chi connectivity index (χ3v) is 5.23. The van der Waals surface area contributed by atoms with Gasteiger partial charge in [-0.2, -0.15) is 4.98 Å². The van der Waals surface area contributed by atoms with Gasteiger partial charge >= 0.3 is 0 Å². The van der Waals surface area contributed by atoms with Gasteiger partial charge < -0.3 is 19.6 Å². The fourth-order valence-electron chi connectivity index (χ4n) is 3.76. The van der Waals surface area contributed by atoms with E-state index in [1.807, 2.05) is 4.90 Å². The zero-order valence-electron chi connectivity index (χ0n) is 14.4. The van der Waals surface area contributed by atoms with E-state index in [4.69, 9.17) is 4.74 Å². The molecule has 2 saturated heterocycles. The first-order chi connectivity index (χ1) is 11.7. The van der Waals surface area contributed by atoms with Crippen LogP contribution in [0.3, 0.4) is 0 Å². The summed E-state index contributed by atoms with van der Waals surface area (Å²) in [6.45, 7) is 3.95. The summed E-state index contributed by atoms with van der Waals surface area (Å²) in [5.41, 5.74) is -0.195. The Morgan fingerprint density at radius 3 is 2.71 bits per heavy atom. The van der Waals surface area contributed by atoms with Gasteiger partial charge in [0.25, 0.3) is 0 Å². The summed E-state index contributed by atoms with van der Waals surface area (Å²) in [4.78, 5) is 12.8. The van der Waals surface area contributed by atoms with Gasteiger partial charge in [-0.05, 0) is 32.1 Å². The lowest BCUT2D eigenvalue weighted by Crippen LogP contribution is -2.46. The molecule has 0 saturated carbocycles. The molecule has 3 heterocycles. The Morgan fingerprint density at radius 2 is 2.00 bits per heavy atom. The first-order valence-electron chi connectivity index (χ1n) is 8.80. The van der Waals surface area contributed by atoms with Crippen molar-refractivity contribution in [3.05, 3.63) is 12.0 Å². The first-order valence-corrected chi connectivity index (χ1v) is 8.80. The summed E-state index contributed by atoms with van der Waals surface area (Å²) in [7, 11) is 1.68. The van der Waals surface area contributed by atoms with Gasteiger partial charge in [-0.25, -0.2) is 9.37 Å². The summed E-state index contributed by atoms with van der Waals surface area (Å²) in [6, 6.07) is 0. The largest absolute Gasteiger partial charge is 0.396 e. The van der Waals surface area contributed by atoms with Gasteiger partial charge in [0, 0.05) is 45.3 Å². The number of ether oxygens (including phenoxy) is 1. The number of hydrogen-bond donors (Lipinski definition) is 1. The Morgan fingerprint density at radius 1 is 1.25 bits per heavy atom. The third kappa shape index (κ3) is 3.62. The lowest BCUT2D eigenvalue weighted by molar-refractivity contribution is 0.0622. The van der Waals surface area contributed by atoms with Crippen LogP contribution in [0.4, 0.5) is 16.2 Å². The summed E-state index contributed by atoms with van der Waals surface area (Å²) in [5.74, 6) is 0.619. The van der Waals surface area contributed by atoms with Gasteiger partial charge in [0.15, 0.2) is 11.6 Å². The summed E-state index contributed by atoms with van der Waals surface area (Å²) in [5, 5.41) is 9.91. The van der Waals surface area contributed by atoms with Crippen molar-refractivity contribution in [1.82, 2.24) is 9.97 Å². The van der Waals surface area contributed by atoms with Crippen LogP contribution in [0.25, 0.3) is 0 Å². The molecule has 0 bridgehead atoms. The maximum Gasteiger partial charge on any atom is 0.227 e. The molecule has 1 aromatic rings. The van der Waals surface area contributed by atoms with Crippen molar-refractivity contribution in [1.29, 1.82) is 0 Å². The molecular formula is C17H27FN4O2. The van der Waals surface area contributed by atoms with Crippen LogP contribution in [-0.4, -0.2) is 61.6 Å². The molecule has 7 heteroatoms. The highest BCUT2D eigenvalue weighted by atomic mass is 19.1. The molecule has 0 aliphatic carbocycles. The quantitative estimate of drug-likeness (QED) is 0.854. The topological polar surface area (TPSA) is 61.7 Å². The number of nitrogens with zero attached hydrogens (tertiary/aromatic N) is 4. The number of anilines is 2. The number of aliphatic hydroxyl groups is 1. The van der Waals surface area contributed by atoms with E-state index in [1.54, 1.807) is 7.11 Å². The second-order valence-electron chi connectivity index (χ2n) is 6.96. The second-order valence-corrected chi connectivity index (χ2v) is 6.96. The zero-order valence-corrected chi connectivity index (χ0v) is 14.4. The molecule has 0 unspecified atom stereocenters. The van der Waals surface area contributed by atoms with Crippen LogP contribution in [0, 0.1) is 11.2 Å². The molecule has 0 aromatic carbocycles. The van der Waals surface area contributed by atoms with Gasteiger partial charge in [0.05, 0.1) is 12.8 Å². The van der Waals surface area contributed by atoms with E-state index < -0.39 is 0 Å². The predicted molar refractivity (Wildman–Crippen MR) is 90.9 cm³/mol. The Hall–Kier alpha value is -1.47. The van der Waals surface area contributed by atoms with E-state index in [1.165, 1.54) is 6.20 Å². The van der Waals surface area contributed by atoms with Gasteiger partial charge in [-0.15, -0.1) is 0 Å². The Labute approximate surface area is 142 Å². The average Bonchev–Trinajstić information content (AvgIpc) is 3.15. The van der Waals surface area contributed by atoms with Crippen molar-refractivity contribution >= 4 is 11.8 Å². The molecule has 0 amide bonds. The summed E-state index contributed by atoms with van der Waals surface area (Å²) >= 11 is 0. The number of hydrogen-bond acceptors (Lipinski definition) is 6. The van der Waals surface area contributed by atoms with Crippen molar-refractivity contribution < 1.29 is 14.2 Å². The SMILES string of the molecule is COCC[C@@]1(CO)CCCN(c2ncc(F)c(N3CCCC3)n2)C1. The molecule has 134 valence electrons. The standard InChI is InChI=1S/C17H27FN4O2/c1-24-10-6-17(13-23)5-4-9-22(12-17)16-19-11-14(18)15(20-16)21-7-2-3-8-21/h11,23H,2-10,12-13H2,1H3/t17-/m0/s1. The smallest absolute Gasteiger partial charge is 0.227 e.